The van der Waals surface area contributed by atoms with Crippen LogP contribution in [-0.4, -0.2) is 52.7 Å². The highest BCUT2D eigenvalue weighted by molar-refractivity contribution is 9.10. The van der Waals surface area contributed by atoms with Gasteiger partial charge in [0.25, 0.3) is 5.91 Å². The van der Waals surface area contributed by atoms with Crippen LogP contribution in [0.4, 0.5) is 0 Å². The molecule has 8 heteroatoms. The van der Waals surface area contributed by atoms with Crippen LogP contribution < -0.4 is 9.47 Å². The van der Waals surface area contributed by atoms with Crippen LogP contribution in [-0.2, 0) is 0 Å². The van der Waals surface area contributed by atoms with Gasteiger partial charge in [-0.2, -0.15) is 0 Å². The van der Waals surface area contributed by atoms with Crippen LogP contribution in [0.25, 0.3) is 5.65 Å². The maximum absolute atomic E-state index is 13.3. The molecule has 146 valence electrons. The maximum Gasteiger partial charge on any atom is 0.257 e. The quantitative estimate of drug-likeness (QED) is 0.615. The highest BCUT2D eigenvalue weighted by Gasteiger charge is 2.30. The van der Waals surface area contributed by atoms with Gasteiger partial charge in [0, 0.05) is 25.2 Å². The molecule has 1 unspecified atom stereocenters. The smallest absolute Gasteiger partial charge is 0.257 e. The van der Waals surface area contributed by atoms with E-state index in [0.29, 0.717) is 34.6 Å². The summed E-state index contributed by atoms with van der Waals surface area (Å²) >= 11 is 3.46. The third-order valence-corrected chi connectivity index (χ3v) is 5.69. The molecule has 0 N–H and O–H groups in total. The lowest BCUT2D eigenvalue weighted by atomic mass is 9.96. The first-order valence-corrected chi connectivity index (χ1v) is 9.92. The fourth-order valence-electron chi connectivity index (χ4n) is 3.73. The van der Waals surface area contributed by atoms with Gasteiger partial charge < -0.3 is 14.4 Å². The van der Waals surface area contributed by atoms with Crippen LogP contribution in [0.5, 0.6) is 11.5 Å². The highest BCUT2D eigenvalue weighted by Crippen LogP contribution is 2.35. The van der Waals surface area contributed by atoms with E-state index < -0.39 is 0 Å². The van der Waals surface area contributed by atoms with Crippen LogP contribution in [0, 0.1) is 0 Å². The highest BCUT2D eigenvalue weighted by atomic mass is 79.9. The van der Waals surface area contributed by atoms with Crippen LogP contribution in [0.15, 0.2) is 41.0 Å². The lowest BCUT2D eigenvalue weighted by molar-refractivity contribution is 0.0700. The van der Waals surface area contributed by atoms with Gasteiger partial charge in [-0.3, -0.25) is 9.20 Å². The molecule has 0 radical (unpaired) electrons. The Morgan fingerprint density at radius 3 is 2.86 bits per heavy atom. The minimum absolute atomic E-state index is 0.0741. The lowest BCUT2D eigenvalue weighted by Crippen LogP contribution is -2.39. The van der Waals surface area contributed by atoms with Crippen molar-refractivity contribution in [3.8, 4) is 11.5 Å². The molecule has 0 saturated carbocycles. The Kier molecular flexibility index (Phi) is 5.21. The Bertz CT molecular complexity index is 1020. The summed E-state index contributed by atoms with van der Waals surface area (Å²) in [7, 11) is 3.14. The van der Waals surface area contributed by atoms with Crippen molar-refractivity contribution < 1.29 is 14.3 Å². The molecule has 1 fully saturated rings. The number of carbonyl (C=O) groups excluding carboxylic acids is 1. The van der Waals surface area contributed by atoms with Crippen molar-refractivity contribution >= 4 is 27.5 Å². The van der Waals surface area contributed by atoms with Gasteiger partial charge in [0.05, 0.1) is 24.3 Å². The number of aromatic nitrogens is 3. The number of hydrogen-bond acceptors (Lipinski definition) is 5. The Morgan fingerprint density at radius 1 is 1.21 bits per heavy atom. The Morgan fingerprint density at radius 2 is 2.07 bits per heavy atom. The summed E-state index contributed by atoms with van der Waals surface area (Å²) in [6.45, 7) is 1.29. The van der Waals surface area contributed by atoms with Crippen LogP contribution in [0.3, 0.4) is 0 Å². The van der Waals surface area contributed by atoms with E-state index in [2.05, 4.69) is 26.1 Å². The second-order valence-electron chi connectivity index (χ2n) is 6.77. The van der Waals surface area contributed by atoms with Crippen molar-refractivity contribution in [3.05, 3.63) is 52.4 Å². The first-order valence-electron chi connectivity index (χ1n) is 9.13. The third kappa shape index (κ3) is 3.32. The number of hydrogen-bond donors (Lipinski definition) is 0. The van der Waals surface area contributed by atoms with Crippen molar-refractivity contribution in [1.82, 2.24) is 19.5 Å². The van der Waals surface area contributed by atoms with Gasteiger partial charge in [-0.05, 0) is 53.0 Å². The largest absolute Gasteiger partial charge is 0.497 e. The van der Waals surface area contributed by atoms with E-state index in [1.54, 1.807) is 26.4 Å². The fraction of sp³-hybridized carbons (Fsp3) is 0.350. The van der Waals surface area contributed by atoms with E-state index >= 15 is 0 Å². The zero-order valence-corrected chi connectivity index (χ0v) is 17.3. The van der Waals surface area contributed by atoms with Gasteiger partial charge in [-0.1, -0.05) is 6.07 Å². The molecule has 1 atom stereocenters. The molecule has 28 heavy (non-hydrogen) atoms. The number of amides is 1. The van der Waals surface area contributed by atoms with Crippen LogP contribution in [0.2, 0.25) is 0 Å². The number of nitrogens with zero attached hydrogens (tertiary/aromatic N) is 4. The van der Waals surface area contributed by atoms with Gasteiger partial charge in [-0.15, -0.1) is 10.2 Å². The number of rotatable bonds is 4. The number of fused-ring (bicyclic) bond motifs is 1. The molecular formula is C20H21BrN4O3. The molecule has 7 nitrogen and oxygen atoms in total. The number of benzene rings is 1. The molecule has 1 amide bonds. The molecule has 1 aliphatic heterocycles. The molecule has 3 heterocycles. The summed E-state index contributed by atoms with van der Waals surface area (Å²) < 4.78 is 13.5. The van der Waals surface area contributed by atoms with E-state index in [9.17, 15) is 4.79 Å². The van der Waals surface area contributed by atoms with Gasteiger partial charge in [0.2, 0.25) is 0 Å². The molecular weight excluding hydrogens is 424 g/mol. The predicted molar refractivity (Wildman–Crippen MR) is 108 cm³/mol. The number of carbonyl (C=O) groups is 1. The molecule has 0 aliphatic carbocycles. The summed E-state index contributed by atoms with van der Waals surface area (Å²) in [5.74, 6) is 2.07. The van der Waals surface area contributed by atoms with Crippen molar-refractivity contribution in [2.24, 2.45) is 0 Å². The van der Waals surface area contributed by atoms with E-state index in [0.717, 1.165) is 24.3 Å². The monoisotopic (exact) mass is 444 g/mol. The third-order valence-electron chi connectivity index (χ3n) is 5.10. The average molecular weight is 445 g/mol. The number of piperidine rings is 1. The average Bonchev–Trinajstić information content (AvgIpc) is 3.17. The van der Waals surface area contributed by atoms with Crippen molar-refractivity contribution in [3.63, 3.8) is 0 Å². The fourth-order valence-corrected chi connectivity index (χ4v) is 4.33. The molecule has 0 spiro atoms. The van der Waals surface area contributed by atoms with E-state index in [4.69, 9.17) is 9.47 Å². The zero-order valence-electron chi connectivity index (χ0n) is 15.8. The van der Waals surface area contributed by atoms with Gasteiger partial charge in [0.15, 0.2) is 5.65 Å². The minimum Gasteiger partial charge on any atom is -0.497 e. The molecule has 1 aliphatic rings. The summed E-state index contributed by atoms with van der Waals surface area (Å²) in [5, 5.41) is 8.63. The summed E-state index contributed by atoms with van der Waals surface area (Å²) in [6, 6.07) is 9.35. The van der Waals surface area contributed by atoms with Gasteiger partial charge in [0.1, 0.15) is 17.3 Å². The Labute approximate surface area is 171 Å². The molecule has 4 rings (SSSR count). The normalized spacial score (nSPS) is 17.0. The van der Waals surface area contributed by atoms with Crippen molar-refractivity contribution in [1.29, 1.82) is 0 Å². The molecule has 3 aromatic rings. The molecule has 1 saturated heterocycles. The van der Waals surface area contributed by atoms with E-state index in [1.807, 2.05) is 33.7 Å². The summed E-state index contributed by atoms with van der Waals surface area (Å²) in [6.07, 6.45) is 3.84. The number of halogens is 1. The first-order chi connectivity index (χ1) is 13.6. The number of methoxy groups -OCH3 is 2. The topological polar surface area (TPSA) is 69.0 Å². The van der Waals surface area contributed by atoms with E-state index in [-0.39, 0.29) is 11.8 Å². The maximum atomic E-state index is 13.3. The first kappa shape index (κ1) is 18.7. The molecule has 2 aromatic heterocycles. The molecule has 0 bridgehead atoms. The lowest BCUT2D eigenvalue weighted by Gasteiger charge is -2.32. The number of pyridine rings is 1. The summed E-state index contributed by atoms with van der Waals surface area (Å²) in [5.41, 5.74) is 1.31. The van der Waals surface area contributed by atoms with Gasteiger partial charge in [-0.25, -0.2) is 0 Å². The number of likely N-dealkylation sites (tertiary alicyclic amines) is 1. The number of ether oxygens (including phenoxy) is 2. The Balaban J connectivity index is 1.63. The van der Waals surface area contributed by atoms with Crippen LogP contribution in [0.1, 0.15) is 34.9 Å². The van der Waals surface area contributed by atoms with Crippen molar-refractivity contribution in [2.75, 3.05) is 27.3 Å². The SMILES string of the molecule is COc1cc(Br)c(OC)c(C(=O)N2CCCC(c3nnc4ccccn34)C2)c1. The van der Waals surface area contributed by atoms with Crippen LogP contribution >= 0.6 is 15.9 Å². The van der Waals surface area contributed by atoms with Gasteiger partial charge >= 0.3 is 0 Å². The van der Waals surface area contributed by atoms with E-state index in [1.165, 1.54) is 0 Å². The zero-order chi connectivity index (χ0) is 19.7. The standard InChI is InChI=1S/C20H21BrN4O3/c1-27-14-10-15(18(28-2)16(21)11-14)20(26)24-8-5-6-13(12-24)19-23-22-17-7-3-4-9-25(17)19/h3-4,7,9-11,13H,5-6,8,12H2,1-2H3. The second-order valence-corrected chi connectivity index (χ2v) is 7.62. The minimum atomic E-state index is -0.0741. The van der Waals surface area contributed by atoms with Crippen molar-refractivity contribution in [2.45, 2.75) is 18.8 Å². The second kappa shape index (κ2) is 7.79. The Hall–Kier alpha value is -2.61. The molecule has 1 aromatic carbocycles. The summed E-state index contributed by atoms with van der Waals surface area (Å²) in [4.78, 5) is 15.2. The predicted octanol–water partition coefficient (Wildman–Crippen LogP) is 3.53.